The highest BCUT2D eigenvalue weighted by Crippen LogP contribution is 2.34. The van der Waals surface area contributed by atoms with E-state index in [2.05, 4.69) is 6.92 Å². The summed E-state index contributed by atoms with van der Waals surface area (Å²) in [5.41, 5.74) is 0. The molecule has 1 rings (SSSR count). The topological polar surface area (TPSA) is 46.5 Å². The van der Waals surface area contributed by atoms with Gasteiger partial charge in [-0.1, -0.05) is 13.3 Å². The molecule has 0 aromatic heterocycles. The third kappa shape index (κ3) is 4.61. The van der Waals surface area contributed by atoms with Crippen molar-refractivity contribution in [3.05, 3.63) is 0 Å². The number of ether oxygens (including phenoxy) is 1. The molecule has 0 spiro atoms. The van der Waals surface area contributed by atoms with E-state index >= 15 is 0 Å². The number of carbonyl (C=O) groups is 1. The first-order valence-corrected chi connectivity index (χ1v) is 5.57. The van der Waals surface area contributed by atoms with Gasteiger partial charge in [-0.05, 0) is 31.6 Å². The summed E-state index contributed by atoms with van der Waals surface area (Å²) in [6.07, 6.45) is 4.85. The van der Waals surface area contributed by atoms with E-state index in [4.69, 9.17) is 4.74 Å². The van der Waals surface area contributed by atoms with Gasteiger partial charge in [0.1, 0.15) is 0 Å². The second-order valence-electron chi connectivity index (χ2n) is 4.02. The lowest BCUT2D eigenvalue weighted by molar-refractivity contribution is -0.144. The van der Waals surface area contributed by atoms with Gasteiger partial charge in [-0.15, -0.1) is 0 Å². The molecule has 0 saturated heterocycles. The quantitative estimate of drug-likeness (QED) is 0.504. The van der Waals surface area contributed by atoms with Gasteiger partial charge in [0, 0.05) is 6.42 Å². The molecule has 14 heavy (non-hydrogen) atoms. The second kappa shape index (κ2) is 6.02. The van der Waals surface area contributed by atoms with E-state index in [1.807, 2.05) is 0 Å². The molecule has 0 bridgehead atoms. The molecular weight excluding hydrogens is 180 g/mol. The Morgan fingerprint density at radius 2 is 2.29 bits per heavy atom. The van der Waals surface area contributed by atoms with Crippen LogP contribution in [-0.4, -0.2) is 23.8 Å². The SMILES string of the molecule is CCCCOC(=O)CCC(O)C1CC1. The summed E-state index contributed by atoms with van der Waals surface area (Å²) in [5, 5.41) is 9.50. The fourth-order valence-corrected chi connectivity index (χ4v) is 1.38. The van der Waals surface area contributed by atoms with Crippen LogP contribution in [0.15, 0.2) is 0 Å². The minimum absolute atomic E-state index is 0.168. The highest BCUT2D eigenvalue weighted by atomic mass is 16.5. The van der Waals surface area contributed by atoms with E-state index in [9.17, 15) is 9.90 Å². The van der Waals surface area contributed by atoms with Gasteiger partial charge < -0.3 is 9.84 Å². The molecule has 0 amide bonds. The van der Waals surface area contributed by atoms with Gasteiger partial charge in [-0.3, -0.25) is 4.79 Å². The molecule has 1 saturated carbocycles. The van der Waals surface area contributed by atoms with Crippen molar-refractivity contribution >= 4 is 5.97 Å². The average Bonchev–Trinajstić information content (AvgIpc) is 2.98. The normalized spacial score (nSPS) is 17.9. The van der Waals surface area contributed by atoms with Crippen LogP contribution in [0.5, 0.6) is 0 Å². The molecule has 0 aliphatic heterocycles. The molecule has 0 radical (unpaired) electrons. The average molecular weight is 200 g/mol. The Hall–Kier alpha value is -0.570. The predicted molar refractivity (Wildman–Crippen MR) is 53.8 cm³/mol. The largest absolute Gasteiger partial charge is 0.466 e. The maximum atomic E-state index is 11.1. The van der Waals surface area contributed by atoms with Gasteiger partial charge >= 0.3 is 5.97 Å². The Morgan fingerprint density at radius 1 is 1.57 bits per heavy atom. The highest BCUT2D eigenvalue weighted by Gasteiger charge is 2.29. The highest BCUT2D eigenvalue weighted by molar-refractivity contribution is 5.69. The molecule has 1 aliphatic carbocycles. The van der Waals surface area contributed by atoms with Crippen LogP contribution in [-0.2, 0) is 9.53 Å². The summed E-state index contributed by atoms with van der Waals surface area (Å²) >= 11 is 0. The first kappa shape index (κ1) is 11.5. The third-order valence-corrected chi connectivity index (χ3v) is 2.57. The van der Waals surface area contributed by atoms with Gasteiger partial charge in [0.2, 0.25) is 0 Å². The Labute approximate surface area is 85.5 Å². The minimum atomic E-state index is -0.284. The van der Waals surface area contributed by atoms with Crippen LogP contribution in [0.3, 0.4) is 0 Å². The van der Waals surface area contributed by atoms with E-state index in [0.717, 1.165) is 25.7 Å². The lowest BCUT2D eigenvalue weighted by Gasteiger charge is -2.08. The summed E-state index contributed by atoms with van der Waals surface area (Å²) in [5.74, 6) is 0.289. The molecular formula is C11H20O3. The number of aliphatic hydroxyl groups excluding tert-OH is 1. The lowest BCUT2D eigenvalue weighted by Crippen LogP contribution is -2.13. The Morgan fingerprint density at radius 3 is 2.86 bits per heavy atom. The van der Waals surface area contributed by atoms with Crippen molar-refractivity contribution in [1.29, 1.82) is 0 Å². The first-order valence-electron chi connectivity index (χ1n) is 5.57. The zero-order valence-corrected chi connectivity index (χ0v) is 8.87. The number of rotatable bonds is 7. The predicted octanol–water partition coefficient (Wildman–Crippen LogP) is 1.88. The number of hydrogen-bond acceptors (Lipinski definition) is 3. The van der Waals surface area contributed by atoms with Crippen molar-refractivity contribution in [2.75, 3.05) is 6.61 Å². The molecule has 1 aliphatic rings. The van der Waals surface area contributed by atoms with Crippen LogP contribution in [0.25, 0.3) is 0 Å². The van der Waals surface area contributed by atoms with Crippen LogP contribution in [0.2, 0.25) is 0 Å². The lowest BCUT2D eigenvalue weighted by atomic mass is 10.1. The van der Waals surface area contributed by atoms with Crippen LogP contribution in [0.4, 0.5) is 0 Å². The van der Waals surface area contributed by atoms with Crippen molar-refractivity contribution in [1.82, 2.24) is 0 Å². The standard InChI is InChI=1S/C11H20O3/c1-2-3-8-14-11(13)7-6-10(12)9-4-5-9/h9-10,12H,2-8H2,1H3. The second-order valence-corrected chi connectivity index (χ2v) is 4.02. The molecule has 0 aromatic rings. The number of carbonyl (C=O) groups excluding carboxylic acids is 1. The molecule has 82 valence electrons. The van der Waals surface area contributed by atoms with Crippen LogP contribution < -0.4 is 0 Å². The van der Waals surface area contributed by atoms with Gasteiger partial charge in [0.15, 0.2) is 0 Å². The third-order valence-electron chi connectivity index (χ3n) is 2.57. The fourth-order valence-electron chi connectivity index (χ4n) is 1.38. The molecule has 1 atom stereocenters. The van der Waals surface area contributed by atoms with E-state index in [-0.39, 0.29) is 12.1 Å². The van der Waals surface area contributed by atoms with E-state index in [1.165, 1.54) is 0 Å². The summed E-state index contributed by atoms with van der Waals surface area (Å²) in [4.78, 5) is 11.1. The van der Waals surface area contributed by atoms with E-state index in [0.29, 0.717) is 25.4 Å². The van der Waals surface area contributed by atoms with Crippen molar-refractivity contribution in [2.24, 2.45) is 5.92 Å². The Balaban J connectivity index is 1.96. The summed E-state index contributed by atoms with van der Waals surface area (Å²) < 4.78 is 4.98. The monoisotopic (exact) mass is 200 g/mol. The smallest absolute Gasteiger partial charge is 0.305 e. The minimum Gasteiger partial charge on any atom is -0.466 e. The molecule has 3 nitrogen and oxygen atoms in total. The number of esters is 1. The number of unbranched alkanes of at least 4 members (excludes halogenated alkanes) is 1. The van der Waals surface area contributed by atoms with Crippen molar-refractivity contribution in [3.63, 3.8) is 0 Å². The molecule has 0 aromatic carbocycles. The van der Waals surface area contributed by atoms with E-state index in [1.54, 1.807) is 0 Å². The van der Waals surface area contributed by atoms with Gasteiger partial charge in [-0.25, -0.2) is 0 Å². The number of hydrogen-bond donors (Lipinski definition) is 1. The van der Waals surface area contributed by atoms with Gasteiger partial charge in [-0.2, -0.15) is 0 Å². The van der Waals surface area contributed by atoms with Crippen molar-refractivity contribution < 1.29 is 14.6 Å². The first-order chi connectivity index (χ1) is 6.74. The van der Waals surface area contributed by atoms with Gasteiger partial charge in [0.05, 0.1) is 12.7 Å². The maximum Gasteiger partial charge on any atom is 0.305 e. The zero-order chi connectivity index (χ0) is 10.4. The van der Waals surface area contributed by atoms with Gasteiger partial charge in [0.25, 0.3) is 0 Å². The van der Waals surface area contributed by atoms with Crippen LogP contribution >= 0.6 is 0 Å². The van der Waals surface area contributed by atoms with Crippen LogP contribution in [0, 0.1) is 5.92 Å². The zero-order valence-electron chi connectivity index (χ0n) is 8.87. The summed E-state index contributed by atoms with van der Waals surface area (Å²) in [7, 11) is 0. The molecule has 3 heteroatoms. The van der Waals surface area contributed by atoms with Crippen molar-refractivity contribution in [2.45, 2.75) is 51.6 Å². The molecule has 1 fully saturated rings. The molecule has 1 N–H and O–H groups in total. The number of aliphatic hydroxyl groups is 1. The summed E-state index contributed by atoms with van der Waals surface area (Å²) in [6.45, 7) is 2.58. The fraction of sp³-hybridized carbons (Fsp3) is 0.909. The molecule has 1 unspecified atom stereocenters. The Kier molecular flexibility index (Phi) is 4.94. The molecule has 0 heterocycles. The Bertz CT molecular complexity index is 175. The summed E-state index contributed by atoms with van der Waals surface area (Å²) in [6, 6.07) is 0. The maximum absolute atomic E-state index is 11.1. The van der Waals surface area contributed by atoms with E-state index < -0.39 is 0 Å². The van der Waals surface area contributed by atoms with Crippen LogP contribution in [0.1, 0.15) is 45.4 Å². The van der Waals surface area contributed by atoms with Crippen molar-refractivity contribution in [3.8, 4) is 0 Å².